The van der Waals surface area contributed by atoms with E-state index in [1.165, 1.54) is 13.8 Å². The van der Waals surface area contributed by atoms with Crippen molar-refractivity contribution in [3.8, 4) is 5.75 Å². The fourth-order valence-electron chi connectivity index (χ4n) is 2.87. The molecule has 2 aliphatic rings. The van der Waals surface area contributed by atoms with E-state index < -0.39 is 26.1 Å². The van der Waals surface area contributed by atoms with Crippen LogP contribution in [0.4, 0.5) is 0 Å². The molecule has 0 spiro atoms. The average Bonchev–Trinajstić information content (AvgIpc) is 3.08. The normalized spacial score (nSPS) is 19.9. The molecule has 2 atom stereocenters. The molecule has 9 nitrogen and oxygen atoms in total. The molecular weight excluding hydrogens is 411 g/mol. The zero-order chi connectivity index (χ0) is 21.7. The number of allylic oxidation sites excluding steroid dienone is 1. The molecule has 0 bridgehead atoms. The second-order valence-corrected chi connectivity index (χ2v) is 8.20. The largest absolute Gasteiger partial charge is 0.470 e. The van der Waals surface area contributed by atoms with Crippen LogP contribution in [-0.2, 0) is 23.4 Å². The fourth-order valence-corrected chi connectivity index (χ4v) is 3.58. The highest BCUT2D eigenvalue weighted by Crippen LogP contribution is 2.35. The van der Waals surface area contributed by atoms with Crippen LogP contribution in [0.15, 0.2) is 66.0 Å². The van der Waals surface area contributed by atoms with Crippen LogP contribution in [0.25, 0.3) is 0 Å². The zero-order valence-corrected chi connectivity index (χ0v) is 17.7. The SMILES string of the molecule is CC(C)(O)OC1=C(N2C=CCC(C(N)=O)=C2)OC(CO[PH](=O)Oc2ccccc2)C1. The summed E-state index contributed by atoms with van der Waals surface area (Å²) >= 11 is 0. The molecule has 1 amide bonds. The minimum atomic E-state index is -2.78. The van der Waals surface area contributed by atoms with Gasteiger partial charge in [-0.2, -0.15) is 0 Å². The molecular formula is C20H25N2O7P. The molecule has 3 rings (SSSR count). The standard InChI is InChI=1S/C20H25N2O7P/c1-20(2,24)28-17-11-16(13-26-30(25)29-15-8-4-3-5-9-15)27-19(17)22-10-6-7-14(12-22)18(21)23/h3-6,8-10,12,16,24,30H,7,11,13H2,1-2H3,(H2,21,23). The van der Waals surface area contributed by atoms with Crippen molar-refractivity contribution in [2.24, 2.45) is 5.73 Å². The predicted molar refractivity (Wildman–Crippen MR) is 109 cm³/mol. The topological polar surface area (TPSA) is 121 Å². The van der Waals surface area contributed by atoms with E-state index in [9.17, 15) is 14.5 Å². The number of ether oxygens (including phenoxy) is 2. The molecule has 3 N–H and O–H groups in total. The summed E-state index contributed by atoms with van der Waals surface area (Å²) in [5, 5.41) is 10.1. The Morgan fingerprint density at radius 2 is 2.10 bits per heavy atom. The molecule has 0 saturated heterocycles. The van der Waals surface area contributed by atoms with Gasteiger partial charge in [0.1, 0.15) is 11.9 Å². The first-order valence-corrected chi connectivity index (χ1v) is 10.6. The Balaban J connectivity index is 1.66. The Kier molecular flexibility index (Phi) is 6.87. The van der Waals surface area contributed by atoms with Crippen molar-refractivity contribution in [1.82, 2.24) is 4.90 Å². The molecule has 2 aliphatic heterocycles. The second kappa shape index (κ2) is 9.38. The van der Waals surface area contributed by atoms with Gasteiger partial charge >= 0.3 is 8.25 Å². The minimum Gasteiger partial charge on any atom is -0.470 e. The number of rotatable bonds is 9. The van der Waals surface area contributed by atoms with Gasteiger partial charge in [-0.3, -0.25) is 14.2 Å². The van der Waals surface area contributed by atoms with Crippen LogP contribution in [0, 0.1) is 0 Å². The van der Waals surface area contributed by atoms with Gasteiger partial charge in [0.25, 0.3) is 0 Å². The van der Waals surface area contributed by atoms with Gasteiger partial charge in [0, 0.05) is 31.8 Å². The highest BCUT2D eigenvalue weighted by Gasteiger charge is 2.34. The average molecular weight is 436 g/mol. The molecule has 0 radical (unpaired) electrons. The third kappa shape index (κ3) is 6.13. The van der Waals surface area contributed by atoms with Crippen molar-refractivity contribution in [3.05, 3.63) is 66.0 Å². The number of hydrogen-bond acceptors (Lipinski definition) is 8. The molecule has 162 valence electrons. The summed E-state index contributed by atoms with van der Waals surface area (Å²) < 4.78 is 34.2. The summed E-state index contributed by atoms with van der Waals surface area (Å²) in [6.45, 7) is 2.96. The first-order valence-electron chi connectivity index (χ1n) is 9.37. The number of amides is 1. The molecule has 1 aromatic carbocycles. The van der Waals surface area contributed by atoms with Crippen LogP contribution < -0.4 is 10.3 Å². The Morgan fingerprint density at radius 3 is 2.77 bits per heavy atom. The molecule has 2 heterocycles. The van der Waals surface area contributed by atoms with Crippen molar-refractivity contribution in [1.29, 1.82) is 0 Å². The number of para-hydroxylation sites is 1. The van der Waals surface area contributed by atoms with Gasteiger partial charge in [0.15, 0.2) is 5.76 Å². The monoisotopic (exact) mass is 436 g/mol. The molecule has 0 saturated carbocycles. The van der Waals surface area contributed by atoms with Gasteiger partial charge in [-0.05, 0) is 18.6 Å². The van der Waals surface area contributed by atoms with Crippen LogP contribution >= 0.6 is 8.25 Å². The number of carbonyl (C=O) groups excluding carboxylic acids is 1. The summed E-state index contributed by atoms with van der Waals surface area (Å²) in [6, 6.07) is 8.71. The van der Waals surface area contributed by atoms with Gasteiger partial charge in [-0.15, -0.1) is 0 Å². The maximum absolute atomic E-state index is 12.1. The summed E-state index contributed by atoms with van der Waals surface area (Å²) in [6.07, 6.45) is 5.17. The van der Waals surface area contributed by atoms with E-state index in [0.717, 1.165) is 0 Å². The first kappa shape index (κ1) is 22.0. The van der Waals surface area contributed by atoms with Gasteiger partial charge in [-0.25, -0.2) is 4.57 Å². The van der Waals surface area contributed by atoms with Crippen molar-refractivity contribution >= 4 is 14.2 Å². The maximum Gasteiger partial charge on any atom is 0.367 e. The predicted octanol–water partition coefficient (Wildman–Crippen LogP) is 2.76. The molecule has 0 aromatic heterocycles. The summed E-state index contributed by atoms with van der Waals surface area (Å²) in [4.78, 5) is 13.1. The molecule has 10 heteroatoms. The zero-order valence-electron chi connectivity index (χ0n) is 16.7. The van der Waals surface area contributed by atoms with Crippen LogP contribution in [-0.4, -0.2) is 34.4 Å². The fraction of sp³-hybridized carbons (Fsp3) is 0.350. The Hall–Kier alpha value is -2.74. The van der Waals surface area contributed by atoms with E-state index in [1.54, 1.807) is 47.6 Å². The number of aliphatic hydroxyl groups is 1. The van der Waals surface area contributed by atoms with Gasteiger partial charge in [0.2, 0.25) is 17.6 Å². The quantitative estimate of drug-likeness (QED) is 0.448. The van der Waals surface area contributed by atoms with Crippen molar-refractivity contribution < 1.29 is 33.0 Å². The van der Waals surface area contributed by atoms with Gasteiger partial charge < -0.3 is 24.8 Å². The van der Waals surface area contributed by atoms with E-state index in [-0.39, 0.29) is 13.0 Å². The highest BCUT2D eigenvalue weighted by atomic mass is 31.1. The molecule has 2 unspecified atom stereocenters. The van der Waals surface area contributed by atoms with Crippen LogP contribution in [0.5, 0.6) is 5.75 Å². The van der Waals surface area contributed by atoms with Gasteiger partial charge in [-0.1, -0.05) is 24.3 Å². The summed E-state index contributed by atoms with van der Waals surface area (Å²) in [5.74, 6) is -0.875. The number of nitrogens with zero attached hydrogens (tertiary/aromatic N) is 1. The third-order valence-corrected chi connectivity index (χ3v) is 4.89. The second-order valence-electron chi connectivity index (χ2n) is 7.21. The van der Waals surface area contributed by atoms with Crippen molar-refractivity contribution in [2.75, 3.05) is 6.61 Å². The van der Waals surface area contributed by atoms with E-state index in [4.69, 9.17) is 24.3 Å². The van der Waals surface area contributed by atoms with E-state index in [2.05, 4.69) is 0 Å². The smallest absolute Gasteiger partial charge is 0.367 e. The lowest BCUT2D eigenvalue weighted by Gasteiger charge is -2.25. The number of benzene rings is 1. The maximum atomic E-state index is 12.1. The van der Waals surface area contributed by atoms with Crippen molar-refractivity contribution in [2.45, 2.75) is 38.6 Å². The van der Waals surface area contributed by atoms with Crippen LogP contribution in [0.2, 0.25) is 0 Å². The third-order valence-electron chi connectivity index (χ3n) is 4.08. The van der Waals surface area contributed by atoms with E-state index >= 15 is 0 Å². The Morgan fingerprint density at radius 1 is 1.37 bits per heavy atom. The molecule has 30 heavy (non-hydrogen) atoms. The molecule has 0 fully saturated rings. The number of carbonyl (C=O) groups is 1. The molecule has 1 aromatic rings. The van der Waals surface area contributed by atoms with Crippen molar-refractivity contribution in [3.63, 3.8) is 0 Å². The number of hydrogen-bond donors (Lipinski definition) is 2. The first-order chi connectivity index (χ1) is 14.2. The van der Waals surface area contributed by atoms with E-state index in [1.807, 2.05) is 6.07 Å². The van der Waals surface area contributed by atoms with Crippen LogP contribution in [0.1, 0.15) is 26.7 Å². The number of primary amides is 1. The Labute approximate surface area is 175 Å². The summed E-state index contributed by atoms with van der Waals surface area (Å²) in [7, 11) is -2.78. The minimum absolute atomic E-state index is 0.0171. The lowest BCUT2D eigenvalue weighted by atomic mass is 10.1. The van der Waals surface area contributed by atoms with Gasteiger partial charge in [0.05, 0.1) is 13.0 Å². The lowest BCUT2D eigenvalue weighted by Crippen LogP contribution is -2.25. The molecule has 0 aliphatic carbocycles. The highest BCUT2D eigenvalue weighted by molar-refractivity contribution is 7.33. The summed E-state index contributed by atoms with van der Waals surface area (Å²) in [5.41, 5.74) is 5.78. The number of nitrogens with two attached hydrogens (primary N) is 1. The van der Waals surface area contributed by atoms with E-state index in [0.29, 0.717) is 29.4 Å². The Bertz CT molecular complexity index is 890. The van der Waals surface area contributed by atoms with Crippen LogP contribution in [0.3, 0.4) is 0 Å². The lowest BCUT2D eigenvalue weighted by molar-refractivity contribution is -0.149.